The fourth-order valence-electron chi connectivity index (χ4n) is 4.14. The molecular formula is C19H24ClN7O2. The van der Waals surface area contributed by atoms with E-state index in [0.717, 1.165) is 30.6 Å². The lowest BCUT2D eigenvalue weighted by Crippen LogP contribution is -2.52. The molecule has 154 valence electrons. The highest BCUT2D eigenvalue weighted by Crippen LogP contribution is 2.24. The Morgan fingerprint density at radius 1 is 1.34 bits per heavy atom. The second kappa shape index (κ2) is 8.46. The lowest BCUT2D eigenvalue weighted by atomic mass is 10.0. The van der Waals surface area contributed by atoms with Gasteiger partial charge in [-0.15, -0.1) is 5.10 Å². The molecule has 2 aromatic rings. The van der Waals surface area contributed by atoms with E-state index in [1.54, 1.807) is 23.1 Å². The van der Waals surface area contributed by atoms with Gasteiger partial charge in [-0.25, -0.2) is 4.68 Å². The molecule has 0 bridgehead atoms. The Morgan fingerprint density at radius 3 is 2.93 bits per heavy atom. The second-order valence-electron chi connectivity index (χ2n) is 7.63. The van der Waals surface area contributed by atoms with Crippen LogP contribution in [-0.2, 0) is 16.1 Å². The highest BCUT2D eigenvalue weighted by Gasteiger charge is 2.40. The predicted molar refractivity (Wildman–Crippen MR) is 106 cm³/mol. The number of halogens is 1. The fraction of sp³-hybridized carbons (Fsp3) is 0.526. The Labute approximate surface area is 173 Å². The number of aromatic nitrogens is 4. The summed E-state index contributed by atoms with van der Waals surface area (Å²) in [5.41, 5.74) is 1.53. The monoisotopic (exact) mass is 417 g/mol. The molecule has 2 amide bonds. The largest absolute Gasteiger partial charge is 0.350 e. The third kappa shape index (κ3) is 4.11. The maximum absolute atomic E-state index is 12.9. The van der Waals surface area contributed by atoms with Crippen LogP contribution in [0.5, 0.6) is 0 Å². The van der Waals surface area contributed by atoms with Crippen LogP contribution < -0.4 is 10.6 Å². The molecule has 3 heterocycles. The summed E-state index contributed by atoms with van der Waals surface area (Å²) in [5.74, 6) is 0.172. The molecule has 29 heavy (non-hydrogen) atoms. The Kier molecular flexibility index (Phi) is 5.77. The standard InChI is InChI=1S/C19H24ClN7O2/c1-12-6-7-21-17(12)19(29)26-8-2-3-16(26)18(28)22-10-13-9-14(20)4-5-15(13)27-11-23-24-25-27/h4-5,9,11-12,16-17,21H,2-3,6-8,10H2,1H3,(H,22,28)/t12?,16-,17-/m0/s1. The molecule has 4 rings (SSSR count). The average molecular weight is 418 g/mol. The molecule has 1 unspecified atom stereocenters. The van der Waals surface area contributed by atoms with Crippen LogP contribution in [0.3, 0.4) is 0 Å². The zero-order chi connectivity index (χ0) is 20.4. The van der Waals surface area contributed by atoms with Gasteiger partial charge < -0.3 is 15.5 Å². The SMILES string of the molecule is CC1CCN[C@@H]1C(=O)N1CCC[C@H]1C(=O)NCc1cc(Cl)ccc1-n1cnnn1. The smallest absolute Gasteiger partial charge is 0.243 e. The first kappa shape index (κ1) is 19.8. The minimum atomic E-state index is -0.437. The molecule has 0 saturated carbocycles. The van der Waals surface area contributed by atoms with Crippen molar-refractivity contribution in [3.63, 3.8) is 0 Å². The molecule has 2 fully saturated rings. The molecule has 0 radical (unpaired) electrons. The number of nitrogens with zero attached hydrogens (tertiary/aromatic N) is 5. The van der Waals surface area contributed by atoms with E-state index in [2.05, 4.69) is 33.1 Å². The van der Waals surface area contributed by atoms with Gasteiger partial charge in [0.05, 0.1) is 11.7 Å². The number of nitrogens with one attached hydrogen (secondary N) is 2. The van der Waals surface area contributed by atoms with Gasteiger partial charge in [-0.1, -0.05) is 18.5 Å². The van der Waals surface area contributed by atoms with Gasteiger partial charge in [0.1, 0.15) is 12.4 Å². The molecule has 9 nitrogen and oxygen atoms in total. The van der Waals surface area contributed by atoms with Gasteiger partial charge >= 0.3 is 0 Å². The van der Waals surface area contributed by atoms with Gasteiger partial charge in [-0.2, -0.15) is 0 Å². The average Bonchev–Trinajstić information content (AvgIpc) is 3.46. The Morgan fingerprint density at radius 2 is 2.21 bits per heavy atom. The van der Waals surface area contributed by atoms with E-state index in [4.69, 9.17) is 11.6 Å². The number of carbonyl (C=O) groups is 2. The van der Waals surface area contributed by atoms with Crippen molar-refractivity contribution in [2.45, 2.75) is 44.8 Å². The van der Waals surface area contributed by atoms with Crippen LogP contribution in [0.4, 0.5) is 0 Å². The predicted octanol–water partition coefficient (Wildman–Crippen LogP) is 0.921. The van der Waals surface area contributed by atoms with Crippen molar-refractivity contribution in [2.75, 3.05) is 13.1 Å². The van der Waals surface area contributed by atoms with E-state index >= 15 is 0 Å². The van der Waals surface area contributed by atoms with Gasteiger partial charge in [0.25, 0.3) is 0 Å². The third-order valence-corrected chi connectivity index (χ3v) is 5.96. The zero-order valence-corrected chi connectivity index (χ0v) is 17.0. The summed E-state index contributed by atoms with van der Waals surface area (Å²) in [5, 5.41) is 18.0. The molecule has 3 atom stereocenters. The highest BCUT2D eigenvalue weighted by atomic mass is 35.5. The van der Waals surface area contributed by atoms with Crippen LogP contribution >= 0.6 is 11.6 Å². The first-order valence-electron chi connectivity index (χ1n) is 9.88. The van der Waals surface area contributed by atoms with E-state index in [1.165, 1.54) is 11.0 Å². The maximum Gasteiger partial charge on any atom is 0.243 e. The highest BCUT2D eigenvalue weighted by molar-refractivity contribution is 6.30. The van der Waals surface area contributed by atoms with E-state index in [0.29, 0.717) is 18.0 Å². The summed E-state index contributed by atoms with van der Waals surface area (Å²) in [6.45, 7) is 3.81. The summed E-state index contributed by atoms with van der Waals surface area (Å²) in [6.07, 6.45) is 3.98. The number of amides is 2. The summed E-state index contributed by atoms with van der Waals surface area (Å²) in [4.78, 5) is 27.6. The maximum atomic E-state index is 12.9. The number of tetrazole rings is 1. The van der Waals surface area contributed by atoms with Crippen molar-refractivity contribution in [1.29, 1.82) is 0 Å². The summed E-state index contributed by atoms with van der Waals surface area (Å²) < 4.78 is 1.52. The lowest BCUT2D eigenvalue weighted by Gasteiger charge is -2.28. The Bertz CT molecular complexity index is 889. The normalized spacial score (nSPS) is 24.1. The molecule has 2 aliphatic heterocycles. The molecular weight excluding hydrogens is 394 g/mol. The van der Waals surface area contributed by atoms with Crippen LogP contribution in [0.2, 0.25) is 5.02 Å². The van der Waals surface area contributed by atoms with E-state index < -0.39 is 6.04 Å². The van der Waals surface area contributed by atoms with E-state index in [1.807, 2.05) is 0 Å². The van der Waals surface area contributed by atoms with E-state index in [9.17, 15) is 9.59 Å². The van der Waals surface area contributed by atoms with Gasteiger partial charge in [-0.3, -0.25) is 9.59 Å². The van der Waals surface area contributed by atoms with Crippen molar-refractivity contribution in [1.82, 2.24) is 35.7 Å². The topological polar surface area (TPSA) is 105 Å². The van der Waals surface area contributed by atoms with Crippen molar-refractivity contribution in [2.24, 2.45) is 5.92 Å². The van der Waals surface area contributed by atoms with Gasteiger partial charge in [-0.05, 0) is 65.9 Å². The fourth-order valence-corrected chi connectivity index (χ4v) is 4.33. The molecule has 2 N–H and O–H groups in total. The number of rotatable bonds is 5. The number of likely N-dealkylation sites (tertiary alicyclic amines) is 1. The number of hydrogen-bond acceptors (Lipinski definition) is 6. The molecule has 0 aliphatic carbocycles. The Balaban J connectivity index is 1.44. The van der Waals surface area contributed by atoms with Crippen LogP contribution in [-0.4, -0.2) is 62.1 Å². The minimum absolute atomic E-state index is 0.0322. The number of carbonyl (C=O) groups excluding carboxylic acids is 2. The minimum Gasteiger partial charge on any atom is -0.350 e. The van der Waals surface area contributed by atoms with E-state index in [-0.39, 0.29) is 30.3 Å². The van der Waals surface area contributed by atoms with Crippen LogP contribution in [0.1, 0.15) is 31.7 Å². The Hall–Kier alpha value is -2.52. The van der Waals surface area contributed by atoms with Gasteiger partial charge in [0.2, 0.25) is 11.8 Å². The molecule has 2 saturated heterocycles. The molecule has 10 heteroatoms. The van der Waals surface area contributed by atoms with Crippen LogP contribution in [0, 0.1) is 5.92 Å². The number of hydrogen-bond donors (Lipinski definition) is 2. The van der Waals surface area contributed by atoms with Crippen molar-refractivity contribution in [3.05, 3.63) is 35.1 Å². The van der Waals surface area contributed by atoms with Crippen molar-refractivity contribution < 1.29 is 9.59 Å². The summed E-state index contributed by atoms with van der Waals surface area (Å²) in [7, 11) is 0. The van der Waals surface area contributed by atoms with Crippen molar-refractivity contribution in [3.8, 4) is 5.69 Å². The molecule has 1 aromatic heterocycles. The number of benzene rings is 1. The second-order valence-corrected chi connectivity index (χ2v) is 8.07. The van der Waals surface area contributed by atoms with Crippen LogP contribution in [0.25, 0.3) is 5.69 Å². The molecule has 1 aromatic carbocycles. The van der Waals surface area contributed by atoms with Crippen molar-refractivity contribution >= 4 is 23.4 Å². The summed E-state index contributed by atoms with van der Waals surface area (Å²) >= 11 is 6.14. The quantitative estimate of drug-likeness (QED) is 0.749. The van der Waals surface area contributed by atoms with Gasteiger partial charge in [0.15, 0.2) is 0 Å². The lowest BCUT2D eigenvalue weighted by molar-refractivity contribution is -0.140. The first-order valence-corrected chi connectivity index (χ1v) is 10.3. The zero-order valence-electron chi connectivity index (χ0n) is 16.2. The molecule has 2 aliphatic rings. The van der Waals surface area contributed by atoms with Crippen LogP contribution in [0.15, 0.2) is 24.5 Å². The molecule has 0 spiro atoms. The van der Waals surface area contributed by atoms with Gasteiger partial charge in [0, 0.05) is 18.1 Å². The summed E-state index contributed by atoms with van der Waals surface area (Å²) in [6, 6.07) is 4.70. The third-order valence-electron chi connectivity index (χ3n) is 5.73. The first-order chi connectivity index (χ1) is 14.0.